The maximum Gasteiger partial charge on any atom is 0.221 e. The maximum absolute atomic E-state index is 11.0. The van der Waals surface area contributed by atoms with Crippen LogP contribution in [0.25, 0.3) is 11.4 Å². The Kier molecular flexibility index (Phi) is 4.62. The molecule has 0 spiro atoms. The zero-order chi connectivity index (χ0) is 16.9. The first kappa shape index (κ1) is 15.8. The fraction of sp³-hybridized carbons (Fsp3) is 0.0588. The van der Waals surface area contributed by atoms with Crippen molar-refractivity contribution >= 4 is 30.0 Å². The Balaban J connectivity index is 1.86. The summed E-state index contributed by atoms with van der Waals surface area (Å²) in [5, 5.41) is 14.1. The van der Waals surface area contributed by atoms with Gasteiger partial charge in [-0.1, -0.05) is 42.5 Å². The summed E-state index contributed by atoms with van der Waals surface area (Å²) in [5.41, 5.74) is 2.54. The third kappa shape index (κ3) is 3.64. The van der Waals surface area contributed by atoms with Crippen LogP contribution in [-0.4, -0.2) is 27.0 Å². The number of H-pyrrole nitrogens is 1. The SMILES string of the molecule is CC(=O)Nc1ccc(/C=N\n2c(-c3ccccc3)n[nH]c2=S)cc1. The second-order valence-electron chi connectivity index (χ2n) is 5.08. The van der Waals surface area contributed by atoms with E-state index in [0.717, 1.165) is 16.8 Å². The minimum atomic E-state index is -0.103. The lowest BCUT2D eigenvalue weighted by Crippen LogP contribution is -2.05. The third-order valence-electron chi connectivity index (χ3n) is 3.24. The molecule has 1 aromatic heterocycles. The van der Waals surface area contributed by atoms with Crippen LogP contribution >= 0.6 is 12.2 Å². The van der Waals surface area contributed by atoms with E-state index < -0.39 is 0 Å². The van der Waals surface area contributed by atoms with E-state index in [9.17, 15) is 4.79 Å². The molecule has 120 valence electrons. The summed E-state index contributed by atoms with van der Waals surface area (Å²) in [5.74, 6) is 0.542. The molecule has 6 nitrogen and oxygen atoms in total. The van der Waals surface area contributed by atoms with Gasteiger partial charge in [-0.3, -0.25) is 4.79 Å². The van der Waals surface area contributed by atoms with Crippen LogP contribution in [0.5, 0.6) is 0 Å². The molecule has 7 heteroatoms. The maximum atomic E-state index is 11.0. The van der Waals surface area contributed by atoms with E-state index >= 15 is 0 Å². The molecule has 3 aromatic rings. The normalized spacial score (nSPS) is 10.9. The molecule has 0 saturated heterocycles. The molecular weight excluding hydrogens is 322 g/mol. The first-order valence-corrected chi connectivity index (χ1v) is 7.69. The number of anilines is 1. The molecule has 0 unspecified atom stereocenters. The number of hydrogen-bond donors (Lipinski definition) is 2. The summed E-state index contributed by atoms with van der Waals surface area (Å²) in [6, 6.07) is 17.0. The fourth-order valence-electron chi connectivity index (χ4n) is 2.15. The van der Waals surface area contributed by atoms with Crippen molar-refractivity contribution in [3.63, 3.8) is 0 Å². The molecule has 24 heavy (non-hydrogen) atoms. The predicted octanol–water partition coefficient (Wildman–Crippen LogP) is 3.45. The van der Waals surface area contributed by atoms with Gasteiger partial charge >= 0.3 is 0 Å². The highest BCUT2D eigenvalue weighted by Gasteiger charge is 2.07. The van der Waals surface area contributed by atoms with Crippen LogP contribution in [0.4, 0.5) is 5.69 Å². The lowest BCUT2D eigenvalue weighted by Gasteiger charge is -2.02. The number of hydrogen-bond acceptors (Lipinski definition) is 4. The van der Waals surface area contributed by atoms with E-state index in [2.05, 4.69) is 20.6 Å². The molecule has 0 fully saturated rings. The molecule has 0 bridgehead atoms. The lowest BCUT2D eigenvalue weighted by atomic mass is 10.2. The second-order valence-corrected chi connectivity index (χ2v) is 5.46. The van der Waals surface area contributed by atoms with Gasteiger partial charge < -0.3 is 5.32 Å². The van der Waals surface area contributed by atoms with Gasteiger partial charge in [0.1, 0.15) is 0 Å². The number of amides is 1. The third-order valence-corrected chi connectivity index (χ3v) is 3.50. The van der Waals surface area contributed by atoms with Gasteiger partial charge in [0.2, 0.25) is 10.7 Å². The Bertz CT molecular complexity index is 926. The molecule has 2 N–H and O–H groups in total. The Morgan fingerprint density at radius 1 is 1.21 bits per heavy atom. The van der Waals surface area contributed by atoms with Crippen LogP contribution in [0.1, 0.15) is 12.5 Å². The van der Waals surface area contributed by atoms with Crippen molar-refractivity contribution in [3.8, 4) is 11.4 Å². The van der Waals surface area contributed by atoms with Crippen molar-refractivity contribution in [2.45, 2.75) is 6.92 Å². The van der Waals surface area contributed by atoms with Gasteiger partial charge in [0.05, 0.1) is 6.21 Å². The predicted molar refractivity (Wildman–Crippen MR) is 96.6 cm³/mol. The van der Waals surface area contributed by atoms with E-state index in [0.29, 0.717) is 10.6 Å². The van der Waals surface area contributed by atoms with Gasteiger partial charge in [-0.2, -0.15) is 14.9 Å². The number of benzene rings is 2. The lowest BCUT2D eigenvalue weighted by molar-refractivity contribution is -0.114. The number of nitrogens with zero attached hydrogens (tertiary/aromatic N) is 3. The summed E-state index contributed by atoms with van der Waals surface area (Å²) in [6.45, 7) is 1.47. The van der Waals surface area contributed by atoms with E-state index in [1.165, 1.54) is 6.92 Å². The van der Waals surface area contributed by atoms with Crippen molar-refractivity contribution in [1.82, 2.24) is 14.9 Å². The number of nitrogens with one attached hydrogen (secondary N) is 2. The van der Waals surface area contributed by atoms with Gasteiger partial charge in [-0.05, 0) is 29.9 Å². The fourth-order valence-corrected chi connectivity index (χ4v) is 2.33. The quantitative estimate of drug-likeness (QED) is 0.565. The van der Waals surface area contributed by atoms with E-state index in [1.54, 1.807) is 10.9 Å². The van der Waals surface area contributed by atoms with Crippen LogP contribution in [-0.2, 0) is 4.79 Å². The summed E-state index contributed by atoms with van der Waals surface area (Å²) in [7, 11) is 0. The average molecular weight is 337 g/mol. The van der Waals surface area contributed by atoms with E-state index in [1.807, 2.05) is 54.6 Å². The molecule has 1 heterocycles. The van der Waals surface area contributed by atoms with Crippen molar-refractivity contribution in [1.29, 1.82) is 0 Å². The molecule has 0 saturated carbocycles. The molecule has 0 radical (unpaired) electrons. The van der Waals surface area contributed by atoms with Crippen molar-refractivity contribution in [3.05, 3.63) is 64.9 Å². The summed E-state index contributed by atoms with van der Waals surface area (Å²) >= 11 is 5.24. The highest BCUT2D eigenvalue weighted by atomic mass is 32.1. The first-order valence-electron chi connectivity index (χ1n) is 7.28. The summed E-state index contributed by atoms with van der Waals surface area (Å²) in [6.07, 6.45) is 1.69. The van der Waals surface area contributed by atoms with E-state index in [-0.39, 0.29) is 5.91 Å². The van der Waals surface area contributed by atoms with Crippen LogP contribution in [0.2, 0.25) is 0 Å². The minimum absolute atomic E-state index is 0.103. The number of carbonyl (C=O) groups is 1. The van der Waals surface area contributed by atoms with Crippen LogP contribution in [0.3, 0.4) is 0 Å². The Hall–Kier alpha value is -3.06. The van der Waals surface area contributed by atoms with Crippen LogP contribution in [0.15, 0.2) is 59.7 Å². The second kappa shape index (κ2) is 7.01. The monoisotopic (exact) mass is 337 g/mol. The topological polar surface area (TPSA) is 75.1 Å². The summed E-state index contributed by atoms with van der Waals surface area (Å²) in [4.78, 5) is 11.0. The highest BCUT2D eigenvalue weighted by molar-refractivity contribution is 7.71. The molecule has 0 aliphatic carbocycles. The molecule has 0 aliphatic rings. The zero-order valence-corrected chi connectivity index (χ0v) is 13.7. The van der Waals surface area contributed by atoms with Crippen molar-refractivity contribution in [2.24, 2.45) is 5.10 Å². The smallest absolute Gasteiger partial charge is 0.221 e. The van der Waals surface area contributed by atoms with Gasteiger partial charge in [0, 0.05) is 18.2 Å². The van der Waals surface area contributed by atoms with Crippen LogP contribution < -0.4 is 5.32 Å². The van der Waals surface area contributed by atoms with Gasteiger partial charge in [-0.25, -0.2) is 5.10 Å². The number of carbonyl (C=O) groups excluding carboxylic acids is 1. The Labute approximate surface area is 143 Å². The van der Waals surface area contributed by atoms with Crippen molar-refractivity contribution in [2.75, 3.05) is 5.32 Å². The molecular formula is C17H15N5OS. The zero-order valence-electron chi connectivity index (χ0n) is 12.9. The Morgan fingerprint density at radius 2 is 1.92 bits per heavy atom. The Morgan fingerprint density at radius 3 is 2.58 bits per heavy atom. The summed E-state index contributed by atoms with van der Waals surface area (Å²) < 4.78 is 1.99. The largest absolute Gasteiger partial charge is 0.326 e. The molecule has 1 amide bonds. The molecule has 0 aliphatic heterocycles. The van der Waals surface area contributed by atoms with Gasteiger partial charge in [-0.15, -0.1) is 0 Å². The van der Waals surface area contributed by atoms with Gasteiger partial charge in [0.15, 0.2) is 5.82 Å². The molecule has 2 aromatic carbocycles. The number of aromatic nitrogens is 3. The number of rotatable bonds is 4. The highest BCUT2D eigenvalue weighted by Crippen LogP contribution is 2.16. The average Bonchev–Trinajstić information content (AvgIpc) is 2.95. The van der Waals surface area contributed by atoms with Gasteiger partial charge in [0.25, 0.3) is 0 Å². The molecule has 0 atom stereocenters. The standard InChI is InChI=1S/C17H15N5OS/c1-12(23)19-15-9-7-13(8-10-15)11-18-22-16(20-21-17(22)24)14-5-3-2-4-6-14/h2-11H,1H3,(H,19,23)(H,21,24)/b18-11-. The molecule has 3 rings (SSSR count). The first-order chi connectivity index (χ1) is 11.6. The minimum Gasteiger partial charge on any atom is -0.326 e. The van der Waals surface area contributed by atoms with Crippen molar-refractivity contribution < 1.29 is 4.79 Å². The number of aromatic amines is 1. The van der Waals surface area contributed by atoms with E-state index in [4.69, 9.17) is 12.2 Å². The van der Waals surface area contributed by atoms with Crippen LogP contribution in [0, 0.1) is 4.77 Å².